The molecule has 1 saturated carbocycles. The van der Waals surface area contributed by atoms with Crippen LogP contribution in [0.2, 0.25) is 0 Å². The molecule has 0 N–H and O–H groups in total. The molecule has 1 fully saturated rings. The van der Waals surface area contributed by atoms with E-state index in [9.17, 15) is 0 Å². The molecule has 1 aliphatic rings. The molecule has 80 valence electrons. The van der Waals surface area contributed by atoms with Gasteiger partial charge in [0.2, 0.25) is 0 Å². The van der Waals surface area contributed by atoms with Crippen molar-refractivity contribution in [2.24, 2.45) is 0 Å². The number of hydrogen-bond acceptors (Lipinski definition) is 1. The van der Waals surface area contributed by atoms with Gasteiger partial charge in [-0.1, -0.05) is 30.3 Å². The zero-order valence-electron chi connectivity index (χ0n) is 9.28. The van der Waals surface area contributed by atoms with Crippen molar-refractivity contribution >= 4 is 5.76 Å². The lowest BCUT2D eigenvalue weighted by Crippen LogP contribution is -2.06. The van der Waals surface area contributed by atoms with Gasteiger partial charge in [0.15, 0.2) is 0 Å². The molecule has 0 heterocycles. The standard InChI is InChI=1S/C14H18O/c1-2-14(12-8-4-3-5-9-12)15-13-10-6-7-11-13/h2-5,8-9,13H,6-7,10-11H2,1H3/b14-2-. The molecule has 2 rings (SSSR count). The van der Waals surface area contributed by atoms with Gasteiger partial charge in [-0.05, 0) is 38.7 Å². The molecule has 0 unspecified atom stereocenters. The van der Waals surface area contributed by atoms with E-state index < -0.39 is 0 Å². The average molecular weight is 202 g/mol. The van der Waals surface area contributed by atoms with E-state index in [0.717, 1.165) is 5.76 Å². The highest BCUT2D eigenvalue weighted by atomic mass is 16.5. The third kappa shape index (κ3) is 2.62. The largest absolute Gasteiger partial charge is 0.490 e. The Labute approximate surface area is 91.8 Å². The van der Waals surface area contributed by atoms with Gasteiger partial charge in [0, 0.05) is 5.56 Å². The molecular weight excluding hydrogens is 184 g/mol. The lowest BCUT2D eigenvalue weighted by atomic mass is 10.2. The van der Waals surface area contributed by atoms with E-state index in [4.69, 9.17) is 4.74 Å². The van der Waals surface area contributed by atoms with Gasteiger partial charge in [0.05, 0.1) is 6.10 Å². The van der Waals surface area contributed by atoms with Gasteiger partial charge in [-0.2, -0.15) is 0 Å². The van der Waals surface area contributed by atoms with Crippen LogP contribution in [0, 0.1) is 0 Å². The zero-order chi connectivity index (χ0) is 10.5. The summed E-state index contributed by atoms with van der Waals surface area (Å²) in [6.07, 6.45) is 7.56. The van der Waals surface area contributed by atoms with Crippen LogP contribution in [-0.2, 0) is 4.74 Å². The molecule has 0 amide bonds. The maximum atomic E-state index is 6.01. The maximum absolute atomic E-state index is 6.01. The summed E-state index contributed by atoms with van der Waals surface area (Å²) in [5.74, 6) is 1.03. The maximum Gasteiger partial charge on any atom is 0.122 e. The Balaban J connectivity index is 2.05. The van der Waals surface area contributed by atoms with Gasteiger partial charge in [0.25, 0.3) is 0 Å². The highest BCUT2D eigenvalue weighted by Gasteiger charge is 2.17. The molecule has 1 nitrogen and oxygen atoms in total. The molecule has 0 aliphatic heterocycles. The van der Waals surface area contributed by atoms with Gasteiger partial charge < -0.3 is 4.74 Å². The monoisotopic (exact) mass is 202 g/mol. The van der Waals surface area contributed by atoms with Crippen molar-refractivity contribution in [1.82, 2.24) is 0 Å². The van der Waals surface area contributed by atoms with Crippen molar-refractivity contribution in [3.05, 3.63) is 42.0 Å². The van der Waals surface area contributed by atoms with E-state index in [1.165, 1.54) is 31.2 Å². The van der Waals surface area contributed by atoms with E-state index in [1.54, 1.807) is 0 Å². The molecule has 1 aliphatic carbocycles. The van der Waals surface area contributed by atoms with Crippen LogP contribution >= 0.6 is 0 Å². The van der Waals surface area contributed by atoms with Crippen LogP contribution in [0.25, 0.3) is 5.76 Å². The second-order valence-electron chi connectivity index (χ2n) is 4.04. The van der Waals surface area contributed by atoms with Gasteiger partial charge >= 0.3 is 0 Å². The minimum Gasteiger partial charge on any atom is -0.490 e. The van der Waals surface area contributed by atoms with Crippen LogP contribution in [-0.4, -0.2) is 6.10 Å². The van der Waals surface area contributed by atoms with Gasteiger partial charge in [-0.15, -0.1) is 0 Å². The topological polar surface area (TPSA) is 9.23 Å². The summed E-state index contributed by atoms with van der Waals surface area (Å²) in [6.45, 7) is 2.04. The quantitative estimate of drug-likeness (QED) is 0.673. The zero-order valence-corrected chi connectivity index (χ0v) is 9.28. The Morgan fingerprint density at radius 3 is 2.47 bits per heavy atom. The smallest absolute Gasteiger partial charge is 0.122 e. The molecule has 1 aromatic carbocycles. The van der Waals surface area contributed by atoms with Gasteiger partial charge in [-0.25, -0.2) is 0 Å². The number of hydrogen-bond donors (Lipinski definition) is 0. The normalized spacial score (nSPS) is 18.1. The Bertz CT molecular complexity index is 320. The van der Waals surface area contributed by atoms with Crippen LogP contribution in [0.3, 0.4) is 0 Å². The van der Waals surface area contributed by atoms with Crippen molar-refractivity contribution in [3.63, 3.8) is 0 Å². The SMILES string of the molecule is C/C=C(\OC1CCCC1)c1ccccc1. The van der Waals surface area contributed by atoms with E-state index in [0.29, 0.717) is 6.10 Å². The Morgan fingerprint density at radius 1 is 1.20 bits per heavy atom. The van der Waals surface area contributed by atoms with Crippen LogP contribution in [0.15, 0.2) is 36.4 Å². The fraction of sp³-hybridized carbons (Fsp3) is 0.429. The van der Waals surface area contributed by atoms with Crippen molar-refractivity contribution in [2.45, 2.75) is 38.7 Å². The number of rotatable bonds is 3. The van der Waals surface area contributed by atoms with Crippen molar-refractivity contribution in [3.8, 4) is 0 Å². The molecule has 0 radical (unpaired) electrons. The average Bonchev–Trinajstić information content (AvgIpc) is 2.80. The Kier molecular flexibility index (Phi) is 3.44. The lowest BCUT2D eigenvalue weighted by molar-refractivity contribution is 0.174. The minimum atomic E-state index is 0.441. The molecule has 1 aromatic rings. The van der Waals surface area contributed by atoms with E-state index >= 15 is 0 Å². The minimum absolute atomic E-state index is 0.441. The number of benzene rings is 1. The molecule has 0 aromatic heterocycles. The van der Waals surface area contributed by atoms with E-state index in [2.05, 4.69) is 30.3 Å². The first-order chi connectivity index (χ1) is 7.40. The summed E-state index contributed by atoms with van der Waals surface area (Å²) in [7, 11) is 0. The molecule has 0 saturated heterocycles. The summed E-state index contributed by atoms with van der Waals surface area (Å²) < 4.78 is 6.01. The highest BCUT2D eigenvalue weighted by molar-refractivity contribution is 5.59. The summed E-state index contributed by atoms with van der Waals surface area (Å²) in [6, 6.07) is 10.3. The first-order valence-corrected chi connectivity index (χ1v) is 5.78. The molecule has 15 heavy (non-hydrogen) atoms. The van der Waals surface area contributed by atoms with Crippen molar-refractivity contribution in [2.75, 3.05) is 0 Å². The third-order valence-corrected chi connectivity index (χ3v) is 2.92. The molecular formula is C14H18O. The summed E-state index contributed by atoms with van der Waals surface area (Å²) in [4.78, 5) is 0. The highest BCUT2D eigenvalue weighted by Crippen LogP contribution is 2.26. The molecule has 1 heteroatoms. The Morgan fingerprint density at radius 2 is 1.87 bits per heavy atom. The predicted molar refractivity (Wildman–Crippen MR) is 63.4 cm³/mol. The number of allylic oxidation sites excluding steroid dienone is 1. The third-order valence-electron chi connectivity index (χ3n) is 2.92. The lowest BCUT2D eigenvalue weighted by Gasteiger charge is -2.16. The van der Waals surface area contributed by atoms with Crippen molar-refractivity contribution < 1.29 is 4.74 Å². The van der Waals surface area contributed by atoms with Crippen molar-refractivity contribution in [1.29, 1.82) is 0 Å². The van der Waals surface area contributed by atoms with Gasteiger partial charge in [0.1, 0.15) is 5.76 Å². The Hall–Kier alpha value is -1.24. The predicted octanol–water partition coefficient (Wildman–Crippen LogP) is 4.01. The summed E-state index contributed by atoms with van der Waals surface area (Å²) in [5.41, 5.74) is 1.19. The van der Waals surface area contributed by atoms with Crippen LogP contribution < -0.4 is 0 Å². The molecule has 0 spiro atoms. The van der Waals surface area contributed by atoms with E-state index in [1.807, 2.05) is 13.0 Å². The van der Waals surface area contributed by atoms with Crippen LogP contribution in [0.1, 0.15) is 38.2 Å². The first kappa shape index (κ1) is 10.3. The van der Waals surface area contributed by atoms with E-state index in [-0.39, 0.29) is 0 Å². The summed E-state index contributed by atoms with van der Waals surface area (Å²) in [5, 5.41) is 0. The fourth-order valence-corrected chi connectivity index (χ4v) is 2.09. The second kappa shape index (κ2) is 5.01. The number of ether oxygens (including phenoxy) is 1. The first-order valence-electron chi connectivity index (χ1n) is 5.78. The molecule has 0 bridgehead atoms. The van der Waals surface area contributed by atoms with Crippen LogP contribution in [0.4, 0.5) is 0 Å². The summed E-state index contributed by atoms with van der Waals surface area (Å²) >= 11 is 0. The molecule has 0 atom stereocenters. The fourth-order valence-electron chi connectivity index (χ4n) is 2.09. The van der Waals surface area contributed by atoms with Gasteiger partial charge in [-0.3, -0.25) is 0 Å². The van der Waals surface area contributed by atoms with Crippen LogP contribution in [0.5, 0.6) is 0 Å². The second-order valence-corrected chi connectivity index (χ2v) is 4.04.